The summed E-state index contributed by atoms with van der Waals surface area (Å²) in [4.78, 5) is 14.2. The predicted molar refractivity (Wildman–Crippen MR) is 64.2 cm³/mol. The van der Waals surface area contributed by atoms with Crippen molar-refractivity contribution in [1.29, 1.82) is 0 Å². The van der Waals surface area contributed by atoms with Gasteiger partial charge in [-0.25, -0.2) is 0 Å². The van der Waals surface area contributed by atoms with E-state index in [1.54, 1.807) is 0 Å². The lowest BCUT2D eigenvalue weighted by Crippen LogP contribution is -2.45. The number of hydrogen-bond acceptors (Lipinski definition) is 3. The van der Waals surface area contributed by atoms with Crippen molar-refractivity contribution in [1.82, 2.24) is 15.5 Å². The van der Waals surface area contributed by atoms with Crippen molar-refractivity contribution in [2.45, 2.75) is 26.3 Å². The molecule has 0 aromatic carbocycles. The third-order valence-electron chi connectivity index (χ3n) is 3.89. The van der Waals surface area contributed by atoms with Crippen LogP contribution in [0.25, 0.3) is 0 Å². The highest BCUT2D eigenvalue weighted by Crippen LogP contribution is 2.27. The van der Waals surface area contributed by atoms with Gasteiger partial charge in [-0.2, -0.15) is 0 Å². The van der Waals surface area contributed by atoms with E-state index in [2.05, 4.69) is 22.5 Å². The highest BCUT2D eigenvalue weighted by Gasteiger charge is 2.39. The first-order valence-corrected chi connectivity index (χ1v) is 6.44. The fourth-order valence-corrected chi connectivity index (χ4v) is 2.77. The Balaban J connectivity index is 1.82. The third-order valence-corrected chi connectivity index (χ3v) is 3.89. The van der Waals surface area contributed by atoms with Gasteiger partial charge in [-0.1, -0.05) is 6.92 Å². The van der Waals surface area contributed by atoms with Gasteiger partial charge in [-0.3, -0.25) is 9.69 Å². The summed E-state index contributed by atoms with van der Waals surface area (Å²) in [6.07, 6.45) is 1.01. The molecule has 2 aliphatic heterocycles. The molecule has 2 N–H and O–H groups in total. The highest BCUT2D eigenvalue weighted by molar-refractivity contribution is 5.81. The Morgan fingerprint density at radius 2 is 2.06 bits per heavy atom. The van der Waals surface area contributed by atoms with Gasteiger partial charge in [-0.15, -0.1) is 0 Å². The Hall–Kier alpha value is -0.610. The molecule has 0 bridgehead atoms. The van der Waals surface area contributed by atoms with Crippen molar-refractivity contribution < 1.29 is 4.79 Å². The van der Waals surface area contributed by atoms with E-state index in [1.807, 2.05) is 6.92 Å². The number of rotatable bonds is 4. The number of nitrogens with zero attached hydrogens (tertiary/aromatic N) is 1. The topological polar surface area (TPSA) is 44.4 Å². The molecule has 2 aliphatic rings. The van der Waals surface area contributed by atoms with Gasteiger partial charge in [0.15, 0.2) is 0 Å². The van der Waals surface area contributed by atoms with Crippen LogP contribution < -0.4 is 10.6 Å². The van der Waals surface area contributed by atoms with Gasteiger partial charge in [0, 0.05) is 19.6 Å². The quantitative estimate of drug-likeness (QED) is 0.711. The molecule has 92 valence electrons. The Labute approximate surface area is 97.8 Å². The van der Waals surface area contributed by atoms with Crippen LogP contribution in [0.2, 0.25) is 0 Å². The average molecular weight is 225 g/mol. The van der Waals surface area contributed by atoms with Gasteiger partial charge in [-0.05, 0) is 38.3 Å². The largest absolute Gasteiger partial charge is 0.355 e. The van der Waals surface area contributed by atoms with Crippen molar-refractivity contribution in [3.05, 3.63) is 0 Å². The maximum atomic E-state index is 11.8. The Morgan fingerprint density at radius 3 is 2.62 bits per heavy atom. The van der Waals surface area contributed by atoms with Crippen LogP contribution in [0, 0.1) is 11.8 Å². The van der Waals surface area contributed by atoms with Crippen molar-refractivity contribution >= 4 is 5.91 Å². The number of likely N-dealkylation sites (tertiary alicyclic amines) is 1. The minimum atomic E-state index is 0.0390. The summed E-state index contributed by atoms with van der Waals surface area (Å²) in [6, 6.07) is 0.0390. The molecule has 16 heavy (non-hydrogen) atoms. The van der Waals surface area contributed by atoms with Gasteiger partial charge < -0.3 is 10.6 Å². The van der Waals surface area contributed by atoms with E-state index in [1.165, 1.54) is 0 Å². The minimum Gasteiger partial charge on any atom is -0.355 e. The first-order chi connectivity index (χ1) is 7.72. The summed E-state index contributed by atoms with van der Waals surface area (Å²) in [7, 11) is 0. The Kier molecular flexibility index (Phi) is 3.82. The van der Waals surface area contributed by atoms with Crippen molar-refractivity contribution in [2.24, 2.45) is 11.8 Å². The zero-order chi connectivity index (χ0) is 11.5. The van der Waals surface area contributed by atoms with Gasteiger partial charge >= 0.3 is 0 Å². The molecule has 4 heteroatoms. The lowest BCUT2D eigenvalue weighted by Gasteiger charge is -2.24. The number of fused-ring (bicyclic) bond motifs is 1. The molecule has 0 aliphatic carbocycles. The zero-order valence-corrected chi connectivity index (χ0v) is 10.3. The van der Waals surface area contributed by atoms with Crippen LogP contribution in [-0.4, -0.2) is 49.6 Å². The number of amides is 1. The van der Waals surface area contributed by atoms with Gasteiger partial charge in [0.25, 0.3) is 0 Å². The Bertz CT molecular complexity index is 245. The van der Waals surface area contributed by atoms with Crippen LogP contribution in [-0.2, 0) is 4.79 Å². The lowest BCUT2D eigenvalue weighted by molar-refractivity contribution is -0.125. The molecule has 0 saturated carbocycles. The summed E-state index contributed by atoms with van der Waals surface area (Å²) in [6.45, 7) is 9.33. The highest BCUT2D eigenvalue weighted by atomic mass is 16.2. The van der Waals surface area contributed by atoms with Crippen molar-refractivity contribution in [3.63, 3.8) is 0 Å². The second-order valence-electron chi connectivity index (χ2n) is 5.10. The molecular weight excluding hydrogens is 202 g/mol. The summed E-state index contributed by atoms with van der Waals surface area (Å²) < 4.78 is 0. The van der Waals surface area contributed by atoms with Crippen LogP contribution in [0.5, 0.6) is 0 Å². The molecule has 0 radical (unpaired) electrons. The molecule has 3 unspecified atom stereocenters. The van der Waals surface area contributed by atoms with E-state index in [-0.39, 0.29) is 11.9 Å². The maximum Gasteiger partial charge on any atom is 0.237 e. The standard InChI is InChI=1S/C12H23N3O/c1-3-4-14-12(16)9(2)15-7-10-5-13-6-11(10)8-15/h9-11,13H,3-8H2,1-2H3,(H,14,16). The molecule has 2 fully saturated rings. The van der Waals surface area contributed by atoms with Gasteiger partial charge in [0.2, 0.25) is 5.91 Å². The van der Waals surface area contributed by atoms with Crippen LogP contribution >= 0.6 is 0 Å². The third kappa shape index (κ3) is 2.38. The van der Waals surface area contributed by atoms with E-state index >= 15 is 0 Å². The summed E-state index contributed by atoms with van der Waals surface area (Å²) in [5.41, 5.74) is 0. The summed E-state index contributed by atoms with van der Waals surface area (Å²) in [5, 5.41) is 6.40. The number of nitrogens with one attached hydrogen (secondary N) is 2. The van der Waals surface area contributed by atoms with Crippen LogP contribution in [0.1, 0.15) is 20.3 Å². The molecule has 3 atom stereocenters. The van der Waals surface area contributed by atoms with E-state index in [4.69, 9.17) is 0 Å². The van der Waals surface area contributed by atoms with Gasteiger partial charge in [0.1, 0.15) is 0 Å². The monoisotopic (exact) mass is 225 g/mol. The molecular formula is C12H23N3O. The first-order valence-electron chi connectivity index (χ1n) is 6.44. The van der Waals surface area contributed by atoms with E-state index in [0.717, 1.165) is 51.0 Å². The molecule has 0 spiro atoms. The average Bonchev–Trinajstić information content (AvgIpc) is 2.84. The second-order valence-corrected chi connectivity index (χ2v) is 5.10. The molecule has 0 aromatic heterocycles. The minimum absolute atomic E-state index is 0.0390. The van der Waals surface area contributed by atoms with Gasteiger partial charge in [0.05, 0.1) is 6.04 Å². The normalized spacial score (nSPS) is 31.4. The van der Waals surface area contributed by atoms with Crippen LogP contribution in [0.15, 0.2) is 0 Å². The molecule has 2 rings (SSSR count). The molecule has 1 amide bonds. The van der Waals surface area contributed by atoms with Crippen LogP contribution in [0.4, 0.5) is 0 Å². The lowest BCUT2D eigenvalue weighted by atomic mass is 10.0. The molecule has 2 heterocycles. The smallest absolute Gasteiger partial charge is 0.237 e. The second kappa shape index (κ2) is 5.15. The zero-order valence-electron chi connectivity index (χ0n) is 10.3. The van der Waals surface area contributed by atoms with Crippen molar-refractivity contribution in [2.75, 3.05) is 32.7 Å². The van der Waals surface area contributed by atoms with E-state index < -0.39 is 0 Å². The maximum absolute atomic E-state index is 11.8. The number of carbonyl (C=O) groups excluding carboxylic acids is 1. The summed E-state index contributed by atoms with van der Waals surface area (Å²) >= 11 is 0. The van der Waals surface area contributed by atoms with Crippen LogP contribution in [0.3, 0.4) is 0 Å². The SMILES string of the molecule is CCCNC(=O)C(C)N1CC2CNCC2C1. The van der Waals surface area contributed by atoms with Crippen molar-refractivity contribution in [3.8, 4) is 0 Å². The number of carbonyl (C=O) groups is 1. The number of hydrogen-bond donors (Lipinski definition) is 2. The summed E-state index contributed by atoms with van der Waals surface area (Å²) in [5.74, 6) is 1.72. The predicted octanol–water partition coefficient (Wildman–Crippen LogP) is 0.0523. The Morgan fingerprint density at radius 1 is 1.44 bits per heavy atom. The fraction of sp³-hybridized carbons (Fsp3) is 0.917. The first kappa shape index (κ1) is 11.9. The molecule has 4 nitrogen and oxygen atoms in total. The molecule has 0 aromatic rings. The molecule has 2 saturated heterocycles. The fourth-order valence-electron chi connectivity index (χ4n) is 2.77. The van der Waals surface area contributed by atoms with E-state index in [9.17, 15) is 4.79 Å². The van der Waals surface area contributed by atoms with E-state index in [0.29, 0.717) is 0 Å².